The molecule has 0 saturated carbocycles. The third-order valence-corrected chi connectivity index (χ3v) is 7.23. The Bertz CT molecular complexity index is 1890. The number of pyridine rings is 1. The Hall–Kier alpha value is -4.14. The van der Waals surface area contributed by atoms with Gasteiger partial charge in [-0.2, -0.15) is 10.1 Å². The molecule has 0 aliphatic rings. The molecular formula is C29H22ClN5O2S. The van der Waals surface area contributed by atoms with E-state index in [1.165, 1.54) is 16.3 Å². The first-order chi connectivity index (χ1) is 18.5. The van der Waals surface area contributed by atoms with Crippen molar-refractivity contribution in [2.45, 2.75) is 18.9 Å². The molecule has 0 fully saturated rings. The van der Waals surface area contributed by atoms with Crippen molar-refractivity contribution < 1.29 is 4.74 Å². The summed E-state index contributed by atoms with van der Waals surface area (Å²) in [7, 11) is 0. The highest BCUT2D eigenvalue weighted by Gasteiger charge is 2.24. The van der Waals surface area contributed by atoms with E-state index in [4.69, 9.17) is 31.4 Å². The van der Waals surface area contributed by atoms with E-state index < -0.39 is 0 Å². The number of benzene rings is 3. The molecule has 0 atom stereocenters. The van der Waals surface area contributed by atoms with E-state index in [-0.39, 0.29) is 11.6 Å². The number of ether oxygens (including phenoxy) is 1. The fourth-order valence-corrected chi connectivity index (χ4v) is 5.19. The van der Waals surface area contributed by atoms with Crippen molar-refractivity contribution in [2.75, 3.05) is 6.26 Å². The molecule has 3 aromatic carbocycles. The summed E-state index contributed by atoms with van der Waals surface area (Å²) in [5, 5.41) is 7.06. The second-order valence-corrected chi connectivity index (χ2v) is 9.98. The highest BCUT2D eigenvalue weighted by atomic mass is 35.5. The van der Waals surface area contributed by atoms with Gasteiger partial charge in [0.25, 0.3) is 5.56 Å². The van der Waals surface area contributed by atoms with E-state index in [0.29, 0.717) is 49.1 Å². The lowest BCUT2D eigenvalue weighted by atomic mass is 10.2. The maximum absolute atomic E-state index is 14.2. The zero-order valence-corrected chi connectivity index (χ0v) is 22.4. The monoisotopic (exact) mass is 539 g/mol. The Morgan fingerprint density at radius 3 is 2.24 bits per heavy atom. The predicted octanol–water partition coefficient (Wildman–Crippen LogP) is 6.90. The average Bonchev–Trinajstić information content (AvgIpc) is 3.30. The summed E-state index contributed by atoms with van der Waals surface area (Å²) < 4.78 is 9.53. The fourth-order valence-electron chi connectivity index (χ4n) is 4.48. The Balaban J connectivity index is 1.72. The minimum absolute atomic E-state index is 0.104. The molecule has 188 valence electrons. The third kappa shape index (κ3) is 4.02. The molecule has 0 spiro atoms. The van der Waals surface area contributed by atoms with Crippen molar-refractivity contribution in [1.29, 1.82) is 0 Å². The van der Waals surface area contributed by atoms with Crippen LogP contribution in [0.1, 0.15) is 11.3 Å². The van der Waals surface area contributed by atoms with Crippen LogP contribution in [0.2, 0.25) is 5.02 Å². The molecule has 0 N–H and O–H groups in total. The minimum atomic E-state index is -0.286. The topological polar surface area (TPSA) is 74.8 Å². The maximum Gasteiger partial charge on any atom is 0.310 e. The van der Waals surface area contributed by atoms with Crippen molar-refractivity contribution in [3.63, 3.8) is 0 Å². The van der Waals surface area contributed by atoms with Crippen LogP contribution < -0.4 is 10.3 Å². The first-order valence-electron chi connectivity index (χ1n) is 11.9. The molecule has 0 radical (unpaired) electrons. The Morgan fingerprint density at radius 2 is 1.55 bits per heavy atom. The predicted molar refractivity (Wildman–Crippen MR) is 153 cm³/mol. The first kappa shape index (κ1) is 24.2. The van der Waals surface area contributed by atoms with Crippen LogP contribution >= 0.6 is 23.4 Å². The average molecular weight is 540 g/mol. The van der Waals surface area contributed by atoms with Crippen LogP contribution in [0.3, 0.4) is 0 Å². The van der Waals surface area contributed by atoms with Crippen LogP contribution in [0.25, 0.3) is 33.3 Å². The van der Waals surface area contributed by atoms with Crippen LogP contribution in [0, 0.1) is 13.8 Å². The Kier molecular flexibility index (Phi) is 6.13. The zero-order chi connectivity index (χ0) is 26.4. The number of halogens is 1. The standard InChI is InChI=1S/C29H22ClN5O2S/c1-17-14-15-21(30)22(16-17)37-29-32-25-23(28(36)34(29)19-10-6-4-7-11-19)18(2)31-26-24(25)27(38-3)33-35(26)20-12-8-5-9-13-20/h4-16H,1-3H3. The minimum Gasteiger partial charge on any atom is -0.424 e. The number of rotatable bonds is 5. The number of aryl methyl sites for hydroxylation is 2. The molecule has 7 nitrogen and oxygen atoms in total. The molecule has 0 unspecified atom stereocenters. The number of nitrogens with zero attached hydrogens (tertiary/aromatic N) is 5. The molecule has 9 heteroatoms. The Labute approximate surface area is 227 Å². The lowest BCUT2D eigenvalue weighted by molar-refractivity contribution is 0.427. The van der Waals surface area contributed by atoms with Gasteiger partial charge >= 0.3 is 6.01 Å². The summed E-state index contributed by atoms with van der Waals surface area (Å²) in [6.07, 6.45) is 1.94. The molecule has 38 heavy (non-hydrogen) atoms. The van der Waals surface area contributed by atoms with Gasteiger partial charge in [-0.1, -0.05) is 54.1 Å². The summed E-state index contributed by atoms with van der Waals surface area (Å²) in [5.74, 6) is 0.412. The van der Waals surface area contributed by atoms with Crippen LogP contribution in [-0.2, 0) is 0 Å². The van der Waals surface area contributed by atoms with Crippen LogP contribution in [0.15, 0.2) is 88.7 Å². The summed E-state index contributed by atoms with van der Waals surface area (Å²) in [6, 6.07) is 24.6. The number of thioether (sulfide) groups is 1. The summed E-state index contributed by atoms with van der Waals surface area (Å²) >= 11 is 7.95. The van der Waals surface area contributed by atoms with Gasteiger partial charge in [-0.05, 0) is 62.1 Å². The number of para-hydroxylation sites is 2. The molecule has 0 amide bonds. The molecule has 0 aliphatic heterocycles. The van der Waals surface area contributed by atoms with E-state index in [0.717, 1.165) is 11.3 Å². The van der Waals surface area contributed by atoms with E-state index in [1.54, 1.807) is 10.7 Å². The fraction of sp³-hybridized carbons (Fsp3) is 0.103. The molecule has 0 aliphatic carbocycles. The number of hydrogen-bond acceptors (Lipinski definition) is 6. The zero-order valence-electron chi connectivity index (χ0n) is 20.8. The van der Waals surface area contributed by atoms with Crippen LogP contribution in [0.5, 0.6) is 11.8 Å². The van der Waals surface area contributed by atoms with Gasteiger partial charge in [0, 0.05) is 0 Å². The van der Waals surface area contributed by atoms with Crippen molar-refractivity contribution in [3.8, 4) is 23.1 Å². The van der Waals surface area contributed by atoms with Crippen molar-refractivity contribution in [3.05, 3.63) is 105 Å². The lowest BCUT2D eigenvalue weighted by Gasteiger charge is -2.16. The van der Waals surface area contributed by atoms with Gasteiger partial charge in [-0.3, -0.25) is 4.79 Å². The second kappa shape index (κ2) is 9.63. The molecule has 0 bridgehead atoms. The molecule has 0 saturated heterocycles. The van der Waals surface area contributed by atoms with Gasteiger partial charge in [0.05, 0.1) is 38.4 Å². The van der Waals surface area contributed by atoms with E-state index >= 15 is 0 Å². The summed E-state index contributed by atoms with van der Waals surface area (Å²) in [6.45, 7) is 3.77. The van der Waals surface area contributed by atoms with E-state index in [2.05, 4.69) is 0 Å². The van der Waals surface area contributed by atoms with Gasteiger partial charge < -0.3 is 4.74 Å². The highest BCUT2D eigenvalue weighted by Crippen LogP contribution is 2.35. The largest absolute Gasteiger partial charge is 0.424 e. The lowest BCUT2D eigenvalue weighted by Crippen LogP contribution is -2.22. The smallest absolute Gasteiger partial charge is 0.310 e. The van der Waals surface area contributed by atoms with Crippen LogP contribution in [0.4, 0.5) is 0 Å². The van der Waals surface area contributed by atoms with Crippen LogP contribution in [-0.4, -0.2) is 30.6 Å². The van der Waals surface area contributed by atoms with E-state index in [1.807, 2.05) is 92.9 Å². The second-order valence-electron chi connectivity index (χ2n) is 8.78. The summed E-state index contributed by atoms with van der Waals surface area (Å²) in [5.41, 5.74) is 3.82. The van der Waals surface area contributed by atoms with Gasteiger partial charge in [-0.15, -0.1) is 11.8 Å². The first-order valence-corrected chi connectivity index (χ1v) is 13.5. The molecule has 3 heterocycles. The van der Waals surface area contributed by atoms with Gasteiger partial charge in [0.15, 0.2) is 5.65 Å². The highest BCUT2D eigenvalue weighted by molar-refractivity contribution is 7.98. The normalized spacial score (nSPS) is 11.4. The van der Waals surface area contributed by atoms with Gasteiger partial charge in [0.1, 0.15) is 10.8 Å². The third-order valence-electron chi connectivity index (χ3n) is 6.25. The SMILES string of the molecule is CSc1nn(-c2ccccc2)c2nc(C)c3c(=O)n(-c4ccccc4)c(Oc4cc(C)ccc4Cl)nc3c12. The van der Waals surface area contributed by atoms with Crippen molar-refractivity contribution in [2.24, 2.45) is 0 Å². The Morgan fingerprint density at radius 1 is 0.868 bits per heavy atom. The van der Waals surface area contributed by atoms with Crippen molar-refractivity contribution >= 4 is 45.3 Å². The quantitative estimate of drug-likeness (QED) is 0.222. The van der Waals surface area contributed by atoms with Crippen molar-refractivity contribution in [1.82, 2.24) is 24.3 Å². The van der Waals surface area contributed by atoms with Gasteiger partial charge in [-0.25, -0.2) is 14.2 Å². The number of aromatic nitrogens is 5. The maximum atomic E-state index is 14.2. The molecule has 3 aromatic heterocycles. The van der Waals surface area contributed by atoms with E-state index in [9.17, 15) is 4.79 Å². The van der Waals surface area contributed by atoms with Gasteiger partial charge in [0.2, 0.25) is 0 Å². The molecule has 6 rings (SSSR count). The summed E-state index contributed by atoms with van der Waals surface area (Å²) in [4.78, 5) is 24.0. The molecule has 6 aromatic rings. The number of hydrogen-bond donors (Lipinski definition) is 0. The number of fused-ring (bicyclic) bond motifs is 3. The molecular weight excluding hydrogens is 518 g/mol.